The number of nitrogens with one attached hydrogen (secondary N) is 1. The van der Waals surface area contributed by atoms with E-state index < -0.39 is 18.1 Å². The molecule has 0 saturated heterocycles. The van der Waals surface area contributed by atoms with Crippen LogP contribution in [0.3, 0.4) is 0 Å². The maximum atomic E-state index is 12.5. The predicted molar refractivity (Wildman–Crippen MR) is 112 cm³/mol. The standard InChI is InChI=1S/C24H22N2O4/c1-29-23(27)22(13-16-7-6-12-25-14-16)26-24(28)30-15-21-19-10-4-2-8-17(19)18-9-3-5-11-20(18)21/h2-12,14,21-22H,13,15H2,1H3,(H,26,28)/t22-/m0/s1. The topological polar surface area (TPSA) is 77.5 Å². The van der Waals surface area contributed by atoms with Gasteiger partial charge in [-0.15, -0.1) is 0 Å². The van der Waals surface area contributed by atoms with E-state index in [2.05, 4.69) is 34.6 Å². The molecule has 0 unspecified atom stereocenters. The van der Waals surface area contributed by atoms with Crippen molar-refractivity contribution in [2.24, 2.45) is 0 Å². The summed E-state index contributed by atoms with van der Waals surface area (Å²) in [7, 11) is 1.29. The Balaban J connectivity index is 1.44. The van der Waals surface area contributed by atoms with Crippen LogP contribution in [0.2, 0.25) is 0 Å². The molecule has 0 radical (unpaired) electrons. The van der Waals surface area contributed by atoms with Gasteiger partial charge in [0, 0.05) is 24.7 Å². The van der Waals surface area contributed by atoms with Crippen molar-refractivity contribution in [2.45, 2.75) is 18.4 Å². The highest BCUT2D eigenvalue weighted by Crippen LogP contribution is 2.44. The van der Waals surface area contributed by atoms with Gasteiger partial charge in [0.05, 0.1) is 7.11 Å². The van der Waals surface area contributed by atoms with Gasteiger partial charge in [-0.1, -0.05) is 54.6 Å². The maximum Gasteiger partial charge on any atom is 0.407 e. The normalized spacial score (nSPS) is 13.1. The number of benzene rings is 2. The summed E-state index contributed by atoms with van der Waals surface area (Å²) in [5.41, 5.74) is 5.39. The first kappa shape index (κ1) is 19.6. The molecule has 1 aliphatic carbocycles. The number of carbonyl (C=O) groups is 2. The lowest BCUT2D eigenvalue weighted by atomic mass is 9.98. The second-order valence-electron chi connectivity index (χ2n) is 7.11. The molecule has 0 aliphatic heterocycles. The van der Waals surface area contributed by atoms with Crippen molar-refractivity contribution in [3.05, 3.63) is 89.7 Å². The van der Waals surface area contributed by atoms with Crippen LogP contribution in [0, 0.1) is 0 Å². The van der Waals surface area contributed by atoms with E-state index in [0.717, 1.165) is 27.8 Å². The Kier molecular flexibility index (Phi) is 5.75. The summed E-state index contributed by atoms with van der Waals surface area (Å²) >= 11 is 0. The number of hydrogen-bond donors (Lipinski definition) is 1. The number of pyridine rings is 1. The molecule has 6 nitrogen and oxygen atoms in total. The molecule has 1 atom stereocenters. The Morgan fingerprint density at radius 2 is 1.67 bits per heavy atom. The van der Waals surface area contributed by atoms with Crippen LogP contribution in [-0.2, 0) is 20.7 Å². The fourth-order valence-corrected chi connectivity index (χ4v) is 3.87. The molecule has 30 heavy (non-hydrogen) atoms. The first-order valence-corrected chi connectivity index (χ1v) is 9.75. The highest BCUT2D eigenvalue weighted by atomic mass is 16.6. The monoisotopic (exact) mass is 402 g/mol. The molecular formula is C24H22N2O4. The minimum absolute atomic E-state index is 0.0435. The van der Waals surface area contributed by atoms with Crippen molar-refractivity contribution < 1.29 is 19.1 Å². The lowest BCUT2D eigenvalue weighted by molar-refractivity contribution is -0.143. The first-order chi connectivity index (χ1) is 14.7. The first-order valence-electron chi connectivity index (χ1n) is 9.75. The van der Waals surface area contributed by atoms with Crippen molar-refractivity contribution in [3.8, 4) is 11.1 Å². The van der Waals surface area contributed by atoms with Gasteiger partial charge in [0.1, 0.15) is 12.6 Å². The smallest absolute Gasteiger partial charge is 0.407 e. The fourth-order valence-electron chi connectivity index (χ4n) is 3.87. The molecule has 3 aromatic rings. The summed E-state index contributed by atoms with van der Waals surface area (Å²) in [6, 6.07) is 19.0. The SMILES string of the molecule is COC(=O)[C@H](Cc1cccnc1)NC(=O)OCC1c2ccccc2-c2ccccc21. The van der Waals surface area contributed by atoms with E-state index in [4.69, 9.17) is 9.47 Å². The van der Waals surface area contributed by atoms with Gasteiger partial charge >= 0.3 is 12.1 Å². The van der Waals surface area contributed by atoms with E-state index >= 15 is 0 Å². The molecule has 0 fully saturated rings. The van der Waals surface area contributed by atoms with Gasteiger partial charge in [0.15, 0.2) is 0 Å². The number of carbonyl (C=O) groups excluding carboxylic acids is 2. The second-order valence-corrected chi connectivity index (χ2v) is 7.11. The Morgan fingerprint density at radius 3 is 2.27 bits per heavy atom. The summed E-state index contributed by atoms with van der Waals surface area (Å²) in [6.07, 6.45) is 2.91. The number of hydrogen-bond acceptors (Lipinski definition) is 5. The molecule has 152 valence electrons. The number of fused-ring (bicyclic) bond motifs is 3. The predicted octanol–water partition coefficient (Wildman–Crippen LogP) is 3.70. The molecule has 1 aromatic heterocycles. The van der Waals surface area contributed by atoms with Crippen LogP contribution in [0.5, 0.6) is 0 Å². The molecular weight excluding hydrogens is 380 g/mol. The molecule has 0 bridgehead atoms. The third-order valence-electron chi connectivity index (χ3n) is 5.28. The third kappa shape index (κ3) is 4.03. The molecule has 2 aromatic carbocycles. The fraction of sp³-hybridized carbons (Fsp3) is 0.208. The van der Waals surface area contributed by atoms with Gasteiger partial charge in [0.25, 0.3) is 0 Å². The number of ether oxygens (including phenoxy) is 2. The molecule has 1 amide bonds. The second kappa shape index (κ2) is 8.78. The van der Waals surface area contributed by atoms with Gasteiger partial charge in [-0.25, -0.2) is 9.59 Å². The zero-order chi connectivity index (χ0) is 20.9. The number of amides is 1. The van der Waals surface area contributed by atoms with Crippen LogP contribution in [0.1, 0.15) is 22.6 Å². The number of alkyl carbamates (subject to hydrolysis) is 1. The van der Waals surface area contributed by atoms with Crippen LogP contribution >= 0.6 is 0 Å². The third-order valence-corrected chi connectivity index (χ3v) is 5.28. The molecule has 4 rings (SSSR count). The Bertz CT molecular complexity index is 1010. The number of rotatable bonds is 6. The van der Waals surface area contributed by atoms with Gasteiger partial charge < -0.3 is 14.8 Å². The van der Waals surface area contributed by atoms with E-state index in [1.165, 1.54) is 7.11 Å². The molecule has 1 heterocycles. The van der Waals surface area contributed by atoms with Crippen LogP contribution in [0.15, 0.2) is 73.1 Å². The zero-order valence-corrected chi connectivity index (χ0v) is 16.6. The number of aromatic nitrogens is 1. The van der Waals surface area contributed by atoms with E-state index in [0.29, 0.717) is 0 Å². The van der Waals surface area contributed by atoms with Gasteiger partial charge in [-0.2, -0.15) is 0 Å². The summed E-state index contributed by atoms with van der Waals surface area (Å²) in [5, 5.41) is 2.62. The maximum absolute atomic E-state index is 12.5. The summed E-state index contributed by atoms with van der Waals surface area (Å²) in [5.74, 6) is -0.578. The van der Waals surface area contributed by atoms with Crippen LogP contribution in [-0.4, -0.2) is 36.8 Å². The van der Waals surface area contributed by atoms with Crippen LogP contribution in [0.25, 0.3) is 11.1 Å². The van der Waals surface area contributed by atoms with Crippen LogP contribution < -0.4 is 5.32 Å². The Morgan fingerprint density at radius 1 is 1.00 bits per heavy atom. The van der Waals surface area contributed by atoms with E-state index in [1.54, 1.807) is 18.5 Å². The summed E-state index contributed by atoms with van der Waals surface area (Å²) in [6.45, 7) is 0.181. The minimum Gasteiger partial charge on any atom is -0.467 e. The van der Waals surface area contributed by atoms with E-state index in [1.807, 2.05) is 30.3 Å². The van der Waals surface area contributed by atoms with E-state index in [9.17, 15) is 9.59 Å². The number of esters is 1. The Hall–Kier alpha value is -3.67. The molecule has 0 spiro atoms. The van der Waals surface area contributed by atoms with Crippen molar-refractivity contribution in [2.75, 3.05) is 13.7 Å². The quantitative estimate of drug-likeness (QED) is 0.636. The zero-order valence-electron chi connectivity index (χ0n) is 16.6. The largest absolute Gasteiger partial charge is 0.467 e. The minimum atomic E-state index is -0.852. The molecule has 0 saturated carbocycles. The summed E-state index contributed by atoms with van der Waals surface area (Å²) in [4.78, 5) is 28.7. The number of nitrogens with zero attached hydrogens (tertiary/aromatic N) is 1. The lowest BCUT2D eigenvalue weighted by Gasteiger charge is -2.18. The highest BCUT2D eigenvalue weighted by molar-refractivity contribution is 5.82. The van der Waals surface area contributed by atoms with Crippen LogP contribution in [0.4, 0.5) is 4.79 Å². The Labute approximate surface area is 174 Å². The highest BCUT2D eigenvalue weighted by Gasteiger charge is 2.30. The molecule has 1 N–H and O–H groups in total. The van der Waals surface area contributed by atoms with Crippen molar-refractivity contribution >= 4 is 12.1 Å². The lowest BCUT2D eigenvalue weighted by Crippen LogP contribution is -2.43. The molecule has 6 heteroatoms. The molecule has 1 aliphatic rings. The van der Waals surface area contributed by atoms with Gasteiger partial charge in [0.2, 0.25) is 0 Å². The van der Waals surface area contributed by atoms with Crippen molar-refractivity contribution in [3.63, 3.8) is 0 Å². The average Bonchev–Trinajstić information content (AvgIpc) is 3.11. The van der Waals surface area contributed by atoms with Crippen molar-refractivity contribution in [1.82, 2.24) is 10.3 Å². The van der Waals surface area contributed by atoms with Gasteiger partial charge in [-0.05, 0) is 33.9 Å². The van der Waals surface area contributed by atoms with E-state index in [-0.39, 0.29) is 18.9 Å². The summed E-state index contributed by atoms with van der Waals surface area (Å²) < 4.78 is 10.4. The van der Waals surface area contributed by atoms with Crippen molar-refractivity contribution in [1.29, 1.82) is 0 Å². The number of methoxy groups -OCH3 is 1. The van der Waals surface area contributed by atoms with Gasteiger partial charge in [-0.3, -0.25) is 4.98 Å². The average molecular weight is 402 g/mol.